The van der Waals surface area contributed by atoms with E-state index in [0.717, 1.165) is 35.6 Å². The Kier molecular flexibility index (Phi) is 2.90. The van der Waals surface area contributed by atoms with Gasteiger partial charge in [0.05, 0.1) is 16.8 Å². The summed E-state index contributed by atoms with van der Waals surface area (Å²) in [6, 6.07) is 0. The van der Waals surface area contributed by atoms with Gasteiger partial charge in [0.2, 0.25) is 0 Å². The second kappa shape index (κ2) is 4.24. The number of nitrogens with zero attached hydrogens (tertiary/aromatic N) is 2. The predicted octanol–water partition coefficient (Wildman–Crippen LogP) is 3.27. The van der Waals surface area contributed by atoms with Gasteiger partial charge in [-0.15, -0.1) is 0 Å². The Morgan fingerprint density at radius 2 is 2.00 bits per heavy atom. The molecule has 3 rings (SSSR count). The molecular formula is C11H12BrClN2O. The molecule has 3 nitrogen and oxygen atoms in total. The Hall–Kier alpha value is -0.190. The van der Waals surface area contributed by atoms with Crippen molar-refractivity contribution in [1.29, 1.82) is 0 Å². The van der Waals surface area contributed by atoms with E-state index in [1.807, 2.05) is 0 Å². The lowest BCUT2D eigenvalue weighted by Crippen LogP contribution is -2.07. The van der Waals surface area contributed by atoms with Crippen LogP contribution in [0.2, 0.25) is 5.15 Å². The van der Waals surface area contributed by atoms with Crippen molar-refractivity contribution < 1.29 is 4.74 Å². The van der Waals surface area contributed by atoms with Crippen LogP contribution in [0.4, 0.5) is 0 Å². The molecule has 1 aromatic heterocycles. The van der Waals surface area contributed by atoms with Crippen LogP contribution in [0.15, 0.2) is 4.47 Å². The smallest absolute Gasteiger partial charge is 0.147 e. The lowest BCUT2D eigenvalue weighted by molar-refractivity contribution is 0.193. The van der Waals surface area contributed by atoms with Crippen molar-refractivity contribution in [3.8, 4) is 0 Å². The van der Waals surface area contributed by atoms with E-state index in [0.29, 0.717) is 17.0 Å². The average molecular weight is 304 g/mol. The third kappa shape index (κ3) is 1.98. The summed E-state index contributed by atoms with van der Waals surface area (Å²) >= 11 is 9.61. The maximum atomic E-state index is 6.13. The molecule has 0 spiro atoms. The molecule has 2 fully saturated rings. The fraction of sp³-hybridized carbons (Fsp3) is 0.636. The van der Waals surface area contributed by atoms with E-state index >= 15 is 0 Å². The van der Waals surface area contributed by atoms with E-state index in [2.05, 4.69) is 25.9 Å². The summed E-state index contributed by atoms with van der Waals surface area (Å²) in [5, 5.41) is 0.541. The minimum Gasteiger partial charge on any atom is -0.381 e. The minimum atomic E-state index is 0.322. The van der Waals surface area contributed by atoms with Crippen molar-refractivity contribution in [3.63, 3.8) is 0 Å². The zero-order chi connectivity index (χ0) is 11.1. The molecule has 1 aliphatic heterocycles. The van der Waals surface area contributed by atoms with Gasteiger partial charge >= 0.3 is 0 Å². The summed E-state index contributed by atoms with van der Waals surface area (Å²) in [6.07, 6.45) is 3.43. The first-order valence-electron chi connectivity index (χ1n) is 5.56. The highest BCUT2D eigenvalue weighted by molar-refractivity contribution is 9.10. The normalized spacial score (nSPS) is 25.0. The summed E-state index contributed by atoms with van der Waals surface area (Å²) < 4.78 is 6.24. The highest BCUT2D eigenvalue weighted by Crippen LogP contribution is 2.44. The second-order valence-corrected chi connectivity index (χ2v) is 5.56. The summed E-state index contributed by atoms with van der Waals surface area (Å²) in [4.78, 5) is 9.01. The zero-order valence-corrected chi connectivity index (χ0v) is 11.1. The number of rotatable bonds is 2. The van der Waals surface area contributed by atoms with Crippen LogP contribution in [0.1, 0.15) is 42.6 Å². The highest BCUT2D eigenvalue weighted by atomic mass is 79.9. The van der Waals surface area contributed by atoms with Crippen LogP contribution >= 0.6 is 27.5 Å². The van der Waals surface area contributed by atoms with E-state index in [-0.39, 0.29) is 0 Å². The van der Waals surface area contributed by atoms with Gasteiger partial charge in [0.15, 0.2) is 0 Å². The third-order valence-electron chi connectivity index (χ3n) is 3.11. The molecule has 1 saturated carbocycles. The van der Waals surface area contributed by atoms with Crippen molar-refractivity contribution in [1.82, 2.24) is 9.97 Å². The van der Waals surface area contributed by atoms with Crippen LogP contribution in [-0.2, 0) is 4.74 Å². The number of halogens is 2. The molecule has 86 valence electrons. The lowest BCUT2D eigenvalue weighted by atomic mass is 10.1. The SMILES string of the molecule is Clc1nc(C2CCOC2)nc(C2CC2)c1Br. The molecular weight excluding hydrogens is 291 g/mol. The van der Waals surface area contributed by atoms with Crippen LogP contribution in [0.25, 0.3) is 0 Å². The van der Waals surface area contributed by atoms with Crippen LogP contribution in [0.5, 0.6) is 0 Å². The fourth-order valence-electron chi connectivity index (χ4n) is 2.00. The maximum absolute atomic E-state index is 6.13. The Labute approximate surface area is 108 Å². The molecule has 0 bridgehead atoms. The van der Waals surface area contributed by atoms with E-state index < -0.39 is 0 Å². The molecule has 16 heavy (non-hydrogen) atoms. The van der Waals surface area contributed by atoms with Gasteiger partial charge in [0.25, 0.3) is 0 Å². The first-order valence-corrected chi connectivity index (χ1v) is 6.73. The molecule has 1 saturated heterocycles. The summed E-state index contributed by atoms with van der Waals surface area (Å²) in [5.41, 5.74) is 1.09. The van der Waals surface area contributed by atoms with Crippen molar-refractivity contribution in [2.45, 2.75) is 31.1 Å². The molecule has 2 aliphatic rings. The third-order valence-corrected chi connectivity index (χ3v) is 4.40. The topological polar surface area (TPSA) is 35.0 Å². The number of aromatic nitrogens is 2. The van der Waals surface area contributed by atoms with Gasteiger partial charge in [-0.2, -0.15) is 0 Å². The average Bonchev–Trinajstić information content (AvgIpc) is 2.96. The molecule has 0 N–H and O–H groups in total. The molecule has 1 unspecified atom stereocenters. The van der Waals surface area contributed by atoms with Gasteiger partial charge in [-0.05, 0) is 35.2 Å². The summed E-state index contributed by atoms with van der Waals surface area (Å²) in [5.74, 6) is 1.76. The molecule has 0 aromatic carbocycles. The molecule has 5 heteroatoms. The van der Waals surface area contributed by atoms with Gasteiger partial charge in [0.1, 0.15) is 11.0 Å². The monoisotopic (exact) mass is 302 g/mol. The van der Waals surface area contributed by atoms with Crippen LogP contribution in [0.3, 0.4) is 0 Å². The summed E-state index contributed by atoms with van der Waals surface area (Å²) in [7, 11) is 0. The lowest BCUT2D eigenvalue weighted by Gasteiger charge is -2.10. The van der Waals surface area contributed by atoms with Gasteiger partial charge < -0.3 is 4.74 Å². The zero-order valence-electron chi connectivity index (χ0n) is 8.75. The summed E-state index contributed by atoms with van der Waals surface area (Å²) in [6.45, 7) is 1.53. The number of hydrogen-bond acceptors (Lipinski definition) is 3. The van der Waals surface area contributed by atoms with Gasteiger partial charge in [0, 0.05) is 18.4 Å². The second-order valence-electron chi connectivity index (χ2n) is 4.41. The van der Waals surface area contributed by atoms with Crippen molar-refractivity contribution in [2.75, 3.05) is 13.2 Å². The molecule has 0 radical (unpaired) electrons. The molecule has 1 atom stereocenters. The van der Waals surface area contributed by atoms with Gasteiger partial charge in [-0.25, -0.2) is 9.97 Å². The fourth-order valence-corrected chi connectivity index (χ4v) is 2.69. The molecule has 0 amide bonds. The van der Waals surface area contributed by atoms with E-state index in [1.165, 1.54) is 12.8 Å². The molecule has 1 aromatic rings. The quantitative estimate of drug-likeness (QED) is 0.787. The van der Waals surface area contributed by atoms with Crippen LogP contribution in [0, 0.1) is 0 Å². The first kappa shape index (κ1) is 10.9. The van der Waals surface area contributed by atoms with Crippen molar-refractivity contribution in [3.05, 3.63) is 21.1 Å². The Morgan fingerprint density at radius 3 is 2.62 bits per heavy atom. The van der Waals surface area contributed by atoms with Crippen molar-refractivity contribution in [2.24, 2.45) is 0 Å². The first-order chi connectivity index (χ1) is 7.75. The Morgan fingerprint density at radius 1 is 1.19 bits per heavy atom. The van der Waals surface area contributed by atoms with E-state index in [1.54, 1.807) is 0 Å². The standard InChI is InChI=1S/C11H12BrClN2O/c12-8-9(6-1-2-6)14-11(15-10(8)13)7-3-4-16-5-7/h6-7H,1-5H2. The van der Waals surface area contributed by atoms with Crippen LogP contribution < -0.4 is 0 Å². The number of ether oxygens (including phenoxy) is 1. The number of hydrogen-bond donors (Lipinski definition) is 0. The highest BCUT2D eigenvalue weighted by Gasteiger charge is 2.31. The molecule has 2 heterocycles. The van der Waals surface area contributed by atoms with Gasteiger partial charge in [-0.1, -0.05) is 11.6 Å². The molecule has 1 aliphatic carbocycles. The van der Waals surface area contributed by atoms with E-state index in [4.69, 9.17) is 16.3 Å². The Balaban J connectivity index is 1.98. The predicted molar refractivity (Wildman–Crippen MR) is 64.9 cm³/mol. The van der Waals surface area contributed by atoms with Crippen LogP contribution in [-0.4, -0.2) is 23.2 Å². The van der Waals surface area contributed by atoms with E-state index in [9.17, 15) is 0 Å². The van der Waals surface area contributed by atoms with Gasteiger partial charge in [-0.3, -0.25) is 0 Å². The van der Waals surface area contributed by atoms with Crippen molar-refractivity contribution >= 4 is 27.5 Å². The Bertz CT molecular complexity index is 417. The largest absolute Gasteiger partial charge is 0.381 e. The minimum absolute atomic E-state index is 0.322. The maximum Gasteiger partial charge on any atom is 0.147 e.